The van der Waals surface area contributed by atoms with Gasteiger partial charge in [0, 0.05) is 48.8 Å². The Hall–Kier alpha value is -2.56. The summed E-state index contributed by atoms with van der Waals surface area (Å²) in [5, 5.41) is 9.71. The highest BCUT2D eigenvalue weighted by Crippen LogP contribution is 2.60. The number of halogens is 1. The fourth-order valence-electron chi connectivity index (χ4n) is 6.94. The summed E-state index contributed by atoms with van der Waals surface area (Å²) in [5.74, 6) is -0.964. The normalized spacial score (nSPS) is 31.3. The Labute approximate surface area is 218 Å². The van der Waals surface area contributed by atoms with Crippen LogP contribution in [0.4, 0.5) is 15.5 Å². The van der Waals surface area contributed by atoms with Crippen LogP contribution >= 0.6 is 0 Å². The molecule has 1 aromatic carbocycles. The Morgan fingerprint density at radius 1 is 1.32 bits per heavy atom. The van der Waals surface area contributed by atoms with Crippen molar-refractivity contribution < 1.29 is 28.3 Å². The average Bonchev–Trinajstić information content (AvgIpc) is 3.49. The SMILES string of the molecule is C=CCN1C(=O)[C@]2(O[C@H](CC(=O)N3CCC[C@H]3CO)[C@@H]([Si](C)(C)F)[C@@H]2C)c2cc(N3CCC3=O)ccc21. The van der Waals surface area contributed by atoms with Crippen LogP contribution in [0.1, 0.15) is 38.2 Å². The number of hydrogen-bond donors (Lipinski definition) is 1. The van der Waals surface area contributed by atoms with Gasteiger partial charge in [-0.25, -0.2) is 0 Å². The van der Waals surface area contributed by atoms with Gasteiger partial charge in [0.05, 0.1) is 30.9 Å². The Balaban J connectivity index is 1.56. The number of carbonyl (C=O) groups is 3. The van der Waals surface area contributed by atoms with Crippen LogP contribution in [-0.2, 0) is 24.7 Å². The number of amides is 3. The number of rotatable bonds is 7. The molecule has 200 valence electrons. The van der Waals surface area contributed by atoms with Crippen LogP contribution in [0.2, 0.25) is 18.6 Å². The van der Waals surface area contributed by atoms with E-state index in [1.165, 1.54) is 0 Å². The molecule has 0 bridgehead atoms. The van der Waals surface area contributed by atoms with E-state index in [1.54, 1.807) is 33.9 Å². The first-order valence-electron chi connectivity index (χ1n) is 13.2. The number of anilines is 2. The van der Waals surface area contributed by atoms with Crippen LogP contribution in [-0.4, -0.2) is 74.5 Å². The minimum absolute atomic E-state index is 0.0179. The highest BCUT2D eigenvalue weighted by atomic mass is 28.4. The second-order valence-corrected chi connectivity index (χ2v) is 15.0. The maximum atomic E-state index is 16.0. The fourth-order valence-corrected chi connectivity index (χ4v) is 9.44. The summed E-state index contributed by atoms with van der Waals surface area (Å²) in [7, 11) is -3.41. The standard InChI is InChI=1S/C27H36FN3O5Si/c1-5-11-31-21-9-8-18(30-13-10-23(30)33)14-20(21)27(26(31)35)17(2)25(37(3,4)28)22(36-27)15-24(34)29-12-6-7-19(29)16-32/h5,8-9,14,17,19,22,25,32H,1,6-7,10-13,15-16H2,2-4H3/t17-,19-,22+,25-,27+/m0/s1. The monoisotopic (exact) mass is 529 g/mol. The van der Waals surface area contributed by atoms with E-state index in [0.29, 0.717) is 36.4 Å². The van der Waals surface area contributed by atoms with Crippen molar-refractivity contribution >= 4 is 37.5 Å². The van der Waals surface area contributed by atoms with Gasteiger partial charge < -0.3 is 28.7 Å². The smallest absolute Gasteiger partial charge is 0.264 e. The van der Waals surface area contributed by atoms with Crippen molar-refractivity contribution in [3.8, 4) is 0 Å². The van der Waals surface area contributed by atoms with Crippen molar-refractivity contribution in [2.75, 3.05) is 36.0 Å². The van der Waals surface area contributed by atoms with Gasteiger partial charge in [-0.15, -0.1) is 6.58 Å². The molecule has 4 aliphatic heterocycles. The summed E-state index contributed by atoms with van der Waals surface area (Å²) in [4.78, 5) is 44.6. The summed E-state index contributed by atoms with van der Waals surface area (Å²) in [6, 6.07) is 5.25. The Bertz CT molecular complexity index is 1140. The third-order valence-corrected chi connectivity index (χ3v) is 11.2. The van der Waals surface area contributed by atoms with Gasteiger partial charge in [-0.05, 0) is 44.1 Å². The van der Waals surface area contributed by atoms with Crippen LogP contribution in [0.15, 0.2) is 30.9 Å². The van der Waals surface area contributed by atoms with Crippen molar-refractivity contribution in [2.24, 2.45) is 5.92 Å². The second kappa shape index (κ2) is 9.32. The molecule has 3 saturated heterocycles. The lowest BCUT2D eigenvalue weighted by Crippen LogP contribution is -2.45. The van der Waals surface area contributed by atoms with Gasteiger partial charge in [0.25, 0.3) is 5.91 Å². The first kappa shape index (κ1) is 26.1. The van der Waals surface area contributed by atoms with Crippen molar-refractivity contribution in [3.63, 3.8) is 0 Å². The lowest BCUT2D eigenvalue weighted by atomic mass is 9.82. The van der Waals surface area contributed by atoms with E-state index in [-0.39, 0.29) is 43.3 Å². The lowest BCUT2D eigenvalue weighted by Gasteiger charge is -2.33. The first-order chi connectivity index (χ1) is 17.5. The summed E-state index contributed by atoms with van der Waals surface area (Å²) in [6.45, 7) is 10.2. The lowest BCUT2D eigenvalue weighted by molar-refractivity contribution is -0.149. The van der Waals surface area contributed by atoms with Crippen molar-refractivity contribution in [1.82, 2.24) is 4.90 Å². The number of ether oxygens (including phenoxy) is 1. The molecule has 1 N–H and O–H groups in total. The number of hydrogen-bond acceptors (Lipinski definition) is 5. The second-order valence-electron chi connectivity index (χ2n) is 11.2. The van der Waals surface area contributed by atoms with E-state index in [4.69, 9.17) is 4.74 Å². The maximum absolute atomic E-state index is 16.0. The molecule has 1 aromatic rings. The van der Waals surface area contributed by atoms with Crippen molar-refractivity contribution in [3.05, 3.63) is 36.4 Å². The first-order valence-corrected chi connectivity index (χ1v) is 16.1. The molecule has 10 heteroatoms. The maximum Gasteiger partial charge on any atom is 0.264 e. The Morgan fingerprint density at radius 2 is 2.08 bits per heavy atom. The molecule has 0 aliphatic carbocycles. The fraction of sp³-hybridized carbons (Fsp3) is 0.593. The Kier molecular flexibility index (Phi) is 6.56. The zero-order valence-corrected chi connectivity index (χ0v) is 22.8. The van der Waals surface area contributed by atoms with E-state index in [0.717, 1.165) is 12.8 Å². The number of β-lactam (4-membered cyclic amide) rings is 1. The van der Waals surface area contributed by atoms with Crippen LogP contribution in [0.25, 0.3) is 0 Å². The predicted octanol–water partition coefficient (Wildman–Crippen LogP) is 3.10. The molecule has 0 saturated carbocycles. The molecular formula is C27H36FN3O5Si. The largest absolute Gasteiger partial charge is 0.394 e. The number of carbonyl (C=O) groups excluding carboxylic acids is 3. The molecule has 0 radical (unpaired) electrons. The third-order valence-electron chi connectivity index (χ3n) is 8.70. The van der Waals surface area contributed by atoms with E-state index in [1.807, 2.05) is 25.1 Å². The quantitative estimate of drug-likeness (QED) is 0.254. The van der Waals surface area contributed by atoms with Crippen LogP contribution < -0.4 is 9.80 Å². The molecule has 5 rings (SSSR count). The summed E-state index contributed by atoms with van der Waals surface area (Å²) in [6.07, 6.45) is 2.86. The molecule has 0 unspecified atom stereocenters. The zero-order valence-electron chi connectivity index (χ0n) is 21.8. The average molecular weight is 530 g/mol. The van der Waals surface area contributed by atoms with Crippen molar-refractivity contribution in [2.45, 2.75) is 69.0 Å². The van der Waals surface area contributed by atoms with Crippen molar-refractivity contribution in [1.29, 1.82) is 0 Å². The summed E-state index contributed by atoms with van der Waals surface area (Å²) in [5.41, 5.74) is -0.0695. The molecule has 4 aliphatic rings. The van der Waals surface area contributed by atoms with E-state index >= 15 is 4.11 Å². The molecule has 0 aromatic heterocycles. The third kappa shape index (κ3) is 3.95. The van der Waals surface area contributed by atoms with Crippen LogP contribution in [0.3, 0.4) is 0 Å². The minimum Gasteiger partial charge on any atom is -0.394 e. The van der Waals surface area contributed by atoms with Crippen LogP contribution in [0.5, 0.6) is 0 Å². The number of nitrogens with zero attached hydrogens (tertiary/aromatic N) is 3. The molecular weight excluding hydrogens is 493 g/mol. The van der Waals surface area contributed by atoms with Crippen LogP contribution in [0, 0.1) is 5.92 Å². The highest BCUT2D eigenvalue weighted by molar-refractivity contribution is 6.72. The number of fused-ring (bicyclic) bond motifs is 2. The van der Waals surface area contributed by atoms with Gasteiger partial charge in [-0.1, -0.05) is 13.0 Å². The minimum atomic E-state index is -3.41. The molecule has 1 spiro atoms. The summed E-state index contributed by atoms with van der Waals surface area (Å²) >= 11 is 0. The van der Waals surface area contributed by atoms with E-state index < -0.39 is 31.6 Å². The topological polar surface area (TPSA) is 90.4 Å². The molecule has 3 fully saturated rings. The Morgan fingerprint density at radius 3 is 2.68 bits per heavy atom. The number of benzene rings is 1. The molecule has 4 heterocycles. The van der Waals surface area contributed by atoms with Gasteiger partial charge in [0.2, 0.25) is 20.2 Å². The highest BCUT2D eigenvalue weighted by Gasteiger charge is 2.67. The van der Waals surface area contributed by atoms with E-state index in [9.17, 15) is 19.5 Å². The molecule has 37 heavy (non-hydrogen) atoms. The number of aliphatic hydroxyl groups excluding tert-OH is 1. The van der Waals surface area contributed by atoms with Gasteiger partial charge in [-0.2, -0.15) is 0 Å². The van der Waals surface area contributed by atoms with Gasteiger partial charge >= 0.3 is 0 Å². The number of likely N-dealkylation sites (tertiary alicyclic amines) is 1. The molecule has 5 atom stereocenters. The molecule has 8 nitrogen and oxygen atoms in total. The molecule has 3 amide bonds. The van der Waals surface area contributed by atoms with Gasteiger partial charge in [0.1, 0.15) is 0 Å². The van der Waals surface area contributed by atoms with E-state index in [2.05, 4.69) is 6.58 Å². The predicted molar refractivity (Wildman–Crippen MR) is 140 cm³/mol. The number of aliphatic hydroxyl groups is 1. The van der Waals surface area contributed by atoms with Gasteiger partial charge in [-0.3, -0.25) is 14.4 Å². The zero-order chi connectivity index (χ0) is 26.7. The summed E-state index contributed by atoms with van der Waals surface area (Å²) < 4.78 is 22.6. The van der Waals surface area contributed by atoms with Gasteiger partial charge in [0.15, 0.2) is 5.60 Å².